The summed E-state index contributed by atoms with van der Waals surface area (Å²) in [6.07, 6.45) is -0.552. The normalized spacial score (nSPS) is 11.6. The van der Waals surface area contributed by atoms with Gasteiger partial charge in [0.2, 0.25) is 0 Å². The van der Waals surface area contributed by atoms with Crippen molar-refractivity contribution in [2.24, 2.45) is 11.5 Å². The van der Waals surface area contributed by atoms with Gasteiger partial charge in [-0.3, -0.25) is 0 Å². The van der Waals surface area contributed by atoms with Gasteiger partial charge in [-0.1, -0.05) is 12.1 Å². The van der Waals surface area contributed by atoms with Gasteiger partial charge >= 0.3 is 12.2 Å². The van der Waals surface area contributed by atoms with Crippen LogP contribution in [-0.4, -0.2) is 30.0 Å². The molecule has 7 heteroatoms. The lowest BCUT2D eigenvalue weighted by atomic mass is 10.1. The second-order valence-corrected chi connectivity index (χ2v) is 4.25. The van der Waals surface area contributed by atoms with E-state index >= 15 is 0 Å². The molecule has 1 atom stereocenters. The van der Waals surface area contributed by atoms with Gasteiger partial charge in [0.1, 0.15) is 18.5 Å². The first-order chi connectivity index (χ1) is 9.47. The minimum atomic E-state index is -0.929. The lowest BCUT2D eigenvalue weighted by Crippen LogP contribution is -2.29. The van der Waals surface area contributed by atoms with Gasteiger partial charge in [-0.25, -0.2) is 9.59 Å². The molecule has 0 radical (unpaired) electrons. The molecule has 0 fully saturated rings. The quantitative estimate of drug-likeness (QED) is 0.694. The highest BCUT2D eigenvalue weighted by atomic mass is 16.6. The number of hydrogen-bond donors (Lipinski definition) is 3. The van der Waals surface area contributed by atoms with Crippen molar-refractivity contribution >= 4 is 12.2 Å². The number of benzene rings is 1. The zero-order chi connectivity index (χ0) is 15.0. The maximum atomic E-state index is 10.7. The van der Waals surface area contributed by atoms with Gasteiger partial charge in [0.25, 0.3) is 0 Å². The summed E-state index contributed by atoms with van der Waals surface area (Å²) >= 11 is 0. The van der Waals surface area contributed by atoms with Gasteiger partial charge in [-0.05, 0) is 37.0 Å². The highest BCUT2D eigenvalue weighted by molar-refractivity contribution is 5.65. The van der Waals surface area contributed by atoms with E-state index in [1.165, 1.54) is 0 Å². The number of amides is 2. The van der Waals surface area contributed by atoms with Crippen LogP contribution in [0.25, 0.3) is 0 Å². The molecule has 110 valence electrons. The summed E-state index contributed by atoms with van der Waals surface area (Å²) in [6, 6.07) is 6.81. The molecule has 1 aromatic rings. The number of carbonyl (C=O) groups is 2. The molecule has 5 N–H and O–H groups in total. The van der Waals surface area contributed by atoms with Crippen LogP contribution in [0.15, 0.2) is 24.3 Å². The number of carbonyl (C=O) groups excluding carboxylic acids is 2. The number of ether oxygens (including phenoxy) is 2. The maximum Gasteiger partial charge on any atom is 0.404 e. The third-order valence-corrected chi connectivity index (χ3v) is 2.62. The summed E-state index contributed by atoms with van der Waals surface area (Å²) in [4.78, 5) is 21.2. The predicted octanol–water partition coefficient (Wildman–Crippen LogP) is 1.27. The molecule has 7 nitrogen and oxygen atoms in total. The molecule has 1 rings (SSSR count). The van der Waals surface area contributed by atoms with Crippen LogP contribution in [0.3, 0.4) is 0 Å². The molecule has 1 unspecified atom stereocenters. The fourth-order valence-electron chi connectivity index (χ4n) is 1.71. The first-order valence-corrected chi connectivity index (χ1v) is 6.13. The van der Waals surface area contributed by atoms with Crippen LogP contribution >= 0.6 is 0 Å². The third kappa shape index (κ3) is 6.48. The van der Waals surface area contributed by atoms with Crippen molar-refractivity contribution in [3.05, 3.63) is 29.8 Å². The highest BCUT2D eigenvalue weighted by Gasteiger charge is 2.14. The first-order valence-electron chi connectivity index (χ1n) is 6.13. The summed E-state index contributed by atoms with van der Waals surface area (Å²) in [7, 11) is 0. The second kappa shape index (κ2) is 7.88. The Balaban J connectivity index is 2.38. The van der Waals surface area contributed by atoms with Crippen LogP contribution in [0.2, 0.25) is 0 Å². The molecule has 0 saturated heterocycles. The van der Waals surface area contributed by atoms with Crippen molar-refractivity contribution in [3.8, 4) is 5.75 Å². The van der Waals surface area contributed by atoms with Crippen LogP contribution in [-0.2, 0) is 15.9 Å². The van der Waals surface area contributed by atoms with E-state index in [2.05, 4.69) is 4.74 Å². The van der Waals surface area contributed by atoms with Crippen molar-refractivity contribution < 1.29 is 24.2 Å². The van der Waals surface area contributed by atoms with Crippen LogP contribution in [0, 0.1) is 0 Å². The van der Waals surface area contributed by atoms with Crippen molar-refractivity contribution in [3.63, 3.8) is 0 Å². The number of primary amides is 2. The number of phenolic OH excluding ortho intramolecular Hbond substituents is 1. The summed E-state index contributed by atoms with van der Waals surface area (Å²) < 4.78 is 9.42. The molecule has 0 aliphatic rings. The fourth-order valence-corrected chi connectivity index (χ4v) is 1.71. The van der Waals surface area contributed by atoms with Crippen LogP contribution in [0.1, 0.15) is 18.4 Å². The predicted molar refractivity (Wildman–Crippen MR) is 71.0 cm³/mol. The standard InChI is InChI=1S/C13H18N2O5/c14-12(17)19-8-11(20-13(15)18)3-1-2-9-4-6-10(16)7-5-9/h4-7,11,16H,1-3,8H2,(H2,14,17)(H2,15,18). The lowest BCUT2D eigenvalue weighted by molar-refractivity contribution is 0.0465. The van der Waals surface area contributed by atoms with Gasteiger partial charge in [-0.15, -0.1) is 0 Å². The Morgan fingerprint density at radius 3 is 2.35 bits per heavy atom. The SMILES string of the molecule is NC(=O)OCC(CCCc1ccc(O)cc1)OC(N)=O. The molecule has 2 amide bonds. The Hall–Kier alpha value is -2.44. The van der Waals surface area contributed by atoms with Gasteiger partial charge < -0.3 is 26.0 Å². The van der Waals surface area contributed by atoms with Crippen LogP contribution < -0.4 is 11.5 Å². The average Bonchev–Trinajstić information content (AvgIpc) is 2.37. The number of rotatable bonds is 7. The number of phenols is 1. The molecule has 20 heavy (non-hydrogen) atoms. The van der Waals surface area contributed by atoms with Crippen molar-refractivity contribution in [1.29, 1.82) is 0 Å². The van der Waals surface area contributed by atoms with Crippen molar-refractivity contribution in [2.75, 3.05) is 6.61 Å². The molecule has 0 spiro atoms. The number of aryl methyl sites for hydroxylation is 1. The van der Waals surface area contributed by atoms with Gasteiger partial charge in [0.05, 0.1) is 0 Å². The Labute approximate surface area is 116 Å². The third-order valence-electron chi connectivity index (χ3n) is 2.62. The number of aromatic hydroxyl groups is 1. The van der Waals surface area contributed by atoms with E-state index in [1.807, 2.05) is 0 Å². The zero-order valence-corrected chi connectivity index (χ0v) is 11.0. The minimum Gasteiger partial charge on any atom is -0.508 e. The zero-order valence-electron chi connectivity index (χ0n) is 11.0. The van der Waals surface area contributed by atoms with E-state index < -0.39 is 18.3 Å². The molecular weight excluding hydrogens is 264 g/mol. The molecule has 0 aliphatic carbocycles. The Morgan fingerprint density at radius 2 is 1.80 bits per heavy atom. The average molecular weight is 282 g/mol. The molecule has 1 aromatic carbocycles. The maximum absolute atomic E-state index is 10.7. The Kier molecular flexibility index (Phi) is 6.15. The van der Waals surface area contributed by atoms with E-state index in [9.17, 15) is 9.59 Å². The summed E-state index contributed by atoms with van der Waals surface area (Å²) in [5.41, 5.74) is 10.8. The lowest BCUT2D eigenvalue weighted by Gasteiger charge is -2.15. The summed E-state index contributed by atoms with van der Waals surface area (Å²) in [5, 5.41) is 9.16. The Bertz CT molecular complexity index is 447. The largest absolute Gasteiger partial charge is 0.508 e. The fraction of sp³-hybridized carbons (Fsp3) is 0.385. The van der Waals surface area contributed by atoms with Crippen molar-refractivity contribution in [1.82, 2.24) is 0 Å². The Morgan fingerprint density at radius 1 is 1.15 bits per heavy atom. The molecule has 0 heterocycles. The van der Waals surface area contributed by atoms with Crippen LogP contribution in [0.5, 0.6) is 5.75 Å². The van der Waals surface area contributed by atoms with Crippen molar-refractivity contribution in [2.45, 2.75) is 25.4 Å². The molecule has 0 aliphatic heterocycles. The van der Waals surface area contributed by atoms with Crippen LogP contribution in [0.4, 0.5) is 9.59 Å². The molecular formula is C13H18N2O5. The topological polar surface area (TPSA) is 125 Å². The van der Waals surface area contributed by atoms with E-state index in [-0.39, 0.29) is 12.4 Å². The summed E-state index contributed by atoms with van der Waals surface area (Å²) in [6.45, 7) is -0.117. The first kappa shape index (κ1) is 15.6. The number of hydrogen-bond acceptors (Lipinski definition) is 5. The minimum absolute atomic E-state index is 0.117. The molecule has 0 saturated carbocycles. The highest BCUT2D eigenvalue weighted by Crippen LogP contribution is 2.13. The van der Waals surface area contributed by atoms with E-state index in [1.54, 1.807) is 24.3 Å². The van der Waals surface area contributed by atoms with Gasteiger partial charge in [0.15, 0.2) is 0 Å². The molecule has 0 bridgehead atoms. The second-order valence-electron chi connectivity index (χ2n) is 4.25. The molecule has 0 aromatic heterocycles. The van der Waals surface area contributed by atoms with Gasteiger partial charge in [-0.2, -0.15) is 0 Å². The monoisotopic (exact) mass is 282 g/mol. The smallest absolute Gasteiger partial charge is 0.404 e. The van der Waals surface area contributed by atoms with E-state index in [0.717, 1.165) is 12.0 Å². The summed E-state index contributed by atoms with van der Waals surface area (Å²) in [5.74, 6) is 0.207. The number of nitrogens with two attached hydrogens (primary N) is 2. The van der Waals surface area contributed by atoms with Gasteiger partial charge in [0, 0.05) is 0 Å². The van der Waals surface area contributed by atoms with E-state index in [0.29, 0.717) is 12.8 Å². The van der Waals surface area contributed by atoms with E-state index in [4.69, 9.17) is 21.3 Å².